The highest BCUT2D eigenvalue weighted by Crippen LogP contribution is 2.35. The number of benzene rings is 1. The molecule has 0 spiro atoms. The van der Waals surface area contributed by atoms with E-state index in [1.165, 1.54) is 50.5 Å². The third-order valence-electron chi connectivity index (χ3n) is 4.86. The summed E-state index contributed by atoms with van der Waals surface area (Å²) in [5.74, 6) is 1.16. The van der Waals surface area contributed by atoms with Gasteiger partial charge in [-0.25, -0.2) is 22.3 Å². The highest BCUT2D eigenvalue weighted by Gasteiger charge is 2.20. The van der Waals surface area contributed by atoms with Gasteiger partial charge in [0.05, 0.1) is 55.3 Å². The molecule has 4 rings (SSSR count). The predicted molar refractivity (Wildman–Crippen MR) is 129 cm³/mol. The first-order valence-electron chi connectivity index (χ1n) is 9.77. The molecule has 0 aliphatic heterocycles. The summed E-state index contributed by atoms with van der Waals surface area (Å²) in [6, 6.07) is 4.82. The fraction of sp³-hybridized carbons (Fsp3) is 0.143. The standard InChI is InChI=1S/C21H18N6O6S2/c1-31-14-8-16(32-2)15(17(9-14)33-3)5-7-35(29,30)25-13-10-23-20-19(18-4-6-24-34-18)21(28)27(12-22)26(20)11-13/h4-11,25H,1-3H3. The molecule has 1 N–H and O–H groups in total. The van der Waals surface area contributed by atoms with Crippen molar-refractivity contribution in [3.05, 3.63) is 58.1 Å². The summed E-state index contributed by atoms with van der Waals surface area (Å²) in [6.45, 7) is 0. The Morgan fingerprint density at radius 1 is 1.17 bits per heavy atom. The topological polar surface area (TPSA) is 150 Å². The van der Waals surface area contributed by atoms with Gasteiger partial charge in [0.2, 0.25) is 6.19 Å². The van der Waals surface area contributed by atoms with Crippen LogP contribution in [0.3, 0.4) is 0 Å². The van der Waals surface area contributed by atoms with Crippen LogP contribution in [0.4, 0.5) is 5.69 Å². The number of hydrogen-bond donors (Lipinski definition) is 1. The van der Waals surface area contributed by atoms with Crippen LogP contribution in [0.1, 0.15) is 5.56 Å². The van der Waals surface area contributed by atoms with Crippen LogP contribution in [0.25, 0.3) is 22.2 Å². The highest BCUT2D eigenvalue weighted by atomic mass is 32.2. The first-order valence-corrected chi connectivity index (χ1v) is 12.1. The van der Waals surface area contributed by atoms with Gasteiger partial charge in [-0.1, -0.05) is 0 Å². The minimum Gasteiger partial charge on any atom is -0.496 e. The minimum atomic E-state index is -4.04. The van der Waals surface area contributed by atoms with E-state index in [1.54, 1.807) is 24.4 Å². The summed E-state index contributed by atoms with van der Waals surface area (Å²) in [5, 5.41) is 10.4. The van der Waals surface area contributed by atoms with E-state index in [0.717, 1.165) is 21.6 Å². The molecule has 0 aliphatic rings. The van der Waals surface area contributed by atoms with E-state index in [2.05, 4.69) is 14.1 Å². The number of fused-ring (bicyclic) bond motifs is 1. The van der Waals surface area contributed by atoms with Crippen molar-refractivity contribution in [3.8, 4) is 33.9 Å². The SMILES string of the molecule is COc1cc(OC)c(C=CS(=O)(=O)Nc2cnc3c(-c4ccns4)c(=O)n(C#N)n3c2)c(OC)c1. The normalized spacial score (nSPS) is 11.5. The van der Waals surface area contributed by atoms with Gasteiger partial charge in [-0.05, 0) is 23.7 Å². The van der Waals surface area contributed by atoms with Crippen LogP contribution in [0.15, 0.2) is 47.0 Å². The molecule has 3 aromatic heterocycles. The van der Waals surface area contributed by atoms with Crippen molar-refractivity contribution in [2.45, 2.75) is 0 Å². The third-order valence-corrected chi connectivity index (χ3v) is 6.63. The first-order chi connectivity index (χ1) is 16.8. The Hall–Kier alpha value is -4.35. The Morgan fingerprint density at radius 2 is 1.89 bits per heavy atom. The zero-order valence-corrected chi connectivity index (χ0v) is 20.3. The molecule has 35 heavy (non-hydrogen) atoms. The average molecular weight is 515 g/mol. The number of nitrogens with one attached hydrogen (secondary N) is 1. The smallest absolute Gasteiger partial charge is 0.291 e. The van der Waals surface area contributed by atoms with Crippen LogP contribution in [0.2, 0.25) is 0 Å². The van der Waals surface area contributed by atoms with Crippen LogP contribution in [0.5, 0.6) is 17.2 Å². The largest absolute Gasteiger partial charge is 0.496 e. The molecule has 4 aromatic rings. The van der Waals surface area contributed by atoms with Gasteiger partial charge in [0.15, 0.2) is 5.65 Å². The third kappa shape index (κ3) is 4.54. The highest BCUT2D eigenvalue weighted by molar-refractivity contribution is 7.95. The zero-order chi connectivity index (χ0) is 25.2. The number of ether oxygens (including phenoxy) is 3. The second-order valence-corrected chi connectivity index (χ2v) is 9.27. The van der Waals surface area contributed by atoms with Gasteiger partial charge in [0.25, 0.3) is 15.6 Å². The molecule has 3 heterocycles. The summed E-state index contributed by atoms with van der Waals surface area (Å²) in [7, 11) is 0.320. The van der Waals surface area contributed by atoms with Crippen molar-refractivity contribution in [3.63, 3.8) is 0 Å². The summed E-state index contributed by atoms with van der Waals surface area (Å²) < 4.78 is 49.7. The van der Waals surface area contributed by atoms with Crippen molar-refractivity contribution in [2.24, 2.45) is 0 Å². The predicted octanol–water partition coefficient (Wildman–Crippen LogP) is 2.39. The Kier molecular flexibility index (Phi) is 6.45. The fourth-order valence-corrected chi connectivity index (χ4v) is 4.75. The van der Waals surface area contributed by atoms with E-state index >= 15 is 0 Å². The number of nitriles is 1. The van der Waals surface area contributed by atoms with E-state index in [-0.39, 0.29) is 16.9 Å². The monoisotopic (exact) mass is 514 g/mol. The average Bonchev–Trinajstić information content (AvgIpc) is 3.46. The molecule has 0 saturated carbocycles. The van der Waals surface area contributed by atoms with Crippen molar-refractivity contribution in [1.29, 1.82) is 5.26 Å². The van der Waals surface area contributed by atoms with Gasteiger partial charge < -0.3 is 14.2 Å². The molecule has 0 fully saturated rings. The van der Waals surface area contributed by atoms with Gasteiger partial charge in [-0.3, -0.25) is 9.52 Å². The molecule has 0 aliphatic carbocycles. The maximum atomic E-state index is 12.8. The van der Waals surface area contributed by atoms with Crippen LogP contribution >= 0.6 is 11.5 Å². The van der Waals surface area contributed by atoms with Gasteiger partial charge in [0.1, 0.15) is 22.8 Å². The number of methoxy groups -OCH3 is 3. The van der Waals surface area contributed by atoms with Crippen molar-refractivity contribution in [1.82, 2.24) is 18.6 Å². The van der Waals surface area contributed by atoms with E-state index in [0.29, 0.717) is 27.7 Å². The zero-order valence-electron chi connectivity index (χ0n) is 18.6. The van der Waals surface area contributed by atoms with Crippen molar-refractivity contribution < 1.29 is 22.6 Å². The molecule has 12 nitrogen and oxygen atoms in total. The maximum Gasteiger partial charge on any atom is 0.291 e. The van der Waals surface area contributed by atoms with Gasteiger partial charge in [-0.2, -0.15) is 5.26 Å². The quantitative estimate of drug-likeness (QED) is 0.374. The van der Waals surface area contributed by atoms with Crippen LogP contribution in [-0.2, 0) is 10.0 Å². The molecule has 0 atom stereocenters. The van der Waals surface area contributed by atoms with E-state index in [4.69, 9.17) is 14.2 Å². The van der Waals surface area contributed by atoms with E-state index < -0.39 is 15.6 Å². The van der Waals surface area contributed by atoms with E-state index in [1.807, 2.05) is 0 Å². The molecule has 0 bridgehead atoms. The number of sulfonamides is 1. The number of hydrogen-bond acceptors (Lipinski definition) is 10. The first kappa shape index (κ1) is 23.8. The van der Waals surface area contributed by atoms with Crippen molar-refractivity contribution >= 4 is 39.0 Å². The Morgan fingerprint density at radius 3 is 2.46 bits per heavy atom. The van der Waals surface area contributed by atoms with Gasteiger partial charge in [0, 0.05) is 18.3 Å². The number of nitrogens with zero attached hydrogens (tertiary/aromatic N) is 5. The second kappa shape index (κ2) is 9.49. The summed E-state index contributed by atoms with van der Waals surface area (Å²) in [5.41, 5.74) is 0.204. The summed E-state index contributed by atoms with van der Waals surface area (Å²) in [4.78, 5) is 17.5. The molecule has 0 saturated heterocycles. The summed E-state index contributed by atoms with van der Waals surface area (Å²) >= 11 is 1.08. The van der Waals surface area contributed by atoms with Crippen molar-refractivity contribution in [2.75, 3.05) is 26.1 Å². The summed E-state index contributed by atoms with van der Waals surface area (Å²) in [6.07, 6.45) is 7.16. The lowest BCUT2D eigenvalue weighted by molar-refractivity contribution is 0.374. The molecule has 0 unspecified atom stereocenters. The number of aromatic nitrogens is 4. The number of rotatable bonds is 8. The molecule has 0 radical (unpaired) electrons. The Bertz CT molecular complexity index is 1610. The molecule has 1 aromatic carbocycles. The lowest BCUT2D eigenvalue weighted by Gasteiger charge is -2.12. The Labute approximate surface area is 203 Å². The van der Waals surface area contributed by atoms with Gasteiger partial charge >= 0.3 is 0 Å². The molecule has 0 amide bonds. The van der Waals surface area contributed by atoms with Crippen LogP contribution in [0, 0.1) is 11.5 Å². The number of anilines is 1. The molecular formula is C21H18N6O6S2. The van der Waals surface area contributed by atoms with E-state index in [9.17, 15) is 18.5 Å². The lowest BCUT2D eigenvalue weighted by atomic mass is 10.1. The molecule has 180 valence electrons. The fourth-order valence-electron chi connectivity index (χ4n) is 3.31. The Balaban J connectivity index is 1.70. The maximum absolute atomic E-state index is 12.8. The molecular weight excluding hydrogens is 496 g/mol. The second-order valence-electron chi connectivity index (χ2n) is 6.87. The van der Waals surface area contributed by atoms with Crippen LogP contribution < -0.4 is 24.5 Å². The van der Waals surface area contributed by atoms with Crippen LogP contribution in [-0.4, -0.2) is 48.3 Å². The van der Waals surface area contributed by atoms with Gasteiger partial charge in [-0.15, -0.1) is 4.68 Å². The lowest BCUT2D eigenvalue weighted by Crippen LogP contribution is -2.16. The molecule has 14 heteroatoms. The minimum absolute atomic E-state index is 0.0330.